The number of carboxylic acids is 1. The van der Waals surface area contributed by atoms with Crippen LogP contribution in [0.5, 0.6) is 0 Å². The van der Waals surface area contributed by atoms with Gasteiger partial charge in [0.05, 0.1) is 22.9 Å². The van der Waals surface area contributed by atoms with Gasteiger partial charge in [-0.2, -0.15) is 5.26 Å². The topological polar surface area (TPSA) is 107 Å². The Balaban J connectivity index is 3.07. The molecule has 0 aliphatic rings. The summed E-state index contributed by atoms with van der Waals surface area (Å²) in [6.07, 6.45) is -0.309. The van der Waals surface area contributed by atoms with Crippen molar-refractivity contribution in [3.63, 3.8) is 0 Å². The Hall–Kier alpha value is -1.91. The van der Waals surface area contributed by atoms with E-state index in [1.807, 2.05) is 6.07 Å². The van der Waals surface area contributed by atoms with Gasteiger partial charge in [0, 0.05) is 6.04 Å². The van der Waals surface area contributed by atoms with Crippen molar-refractivity contribution < 1.29 is 18.3 Å². The zero-order valence-electron chi connectivity index (χ0n) is 10.5. The summed E-state index contributed by atoms with van der Waals surface area (Å²) in [5.74, 6) is -1.09. The first-order valence-electron chi connectivity index (χ1n) is 5.51. The number of aliphatic carboxylic acids is 1. The molecule has 6 nitrogen and oxygen atoms in total. The first-order chi connectivity index (χ1) is 8.76. The van der Waals surface area contributed by atoms with Crippen molar-refractivity contribution in [2.24, 2.45) is 0 Å². The maximum atomic E-state index is 12.1. The molecule has 0 saturated heterocycles. The zero-order valence-corrected chi connectivity index (χ0v) is 11.4. The van der Waals surface area contributed by atoms with E-state index in [0.717, 1.165) is 0 Å². The van der Waals surface area contributed by atoms with Crippen molar-refractivity contribution in [3.05, 3.63) is 29.3 Å². The van der Waals surface area contributed by atoms with Crippen LogP contribution in [0.2, 0.25) is 0 Å². The summed E-state index contributed by atoms with van der Waals surface area (Å²) in [5, 5.41) is 17.4. The third-order valence-corrected chi connectivity index (χ3v) is 4.18. The van der Waals surface area contributed by atoms with Gasteiger partial charge in [-0.25, -0.2) is 13.1 Å². The van der Waals surface area contributed by atoms with E-state index >= 15 is 0 Å². The van der Waals surface area contributed by atoms with Crippen LogP contribution >= 0.6 is 0 Å². The Morgan fingerprint density at radius 1 is 1.53 bits per heavy atom. The molecule has 19 heavy (non-hydrogen) atoms. The van der Waals surface area contributed by atoms with Gasteiger partial charge in [0.2, 0.25) is 10.0 Å². The fourth-order valence-corrected chi connectivity index (χ4v) is 3.11. The highest BCUT2D eigenvalue weighted by Gasteiger charge is 2.21. The molecule has 1 atom stereocenters. The number of benzene rings is 1. The number of nitriles is 1. The third kappa shape index (κ3) is 4.05. The molecule has 0 bridgehead atoms. The number of carbonyl (C=O) groups is 1. The number of nitrogens with zero attached hydrogens (tertiary/aromatic N) is 1. The monoisotopic (exact) mass is 282 g/mol. The second kappa shape index (κ2) is 5.82. The number of nitrogens with one attached hydrogen (secondary N) is 1. The maximum absolute atomic E-state index is 12.1. The Kier molecular flexibility index (Phi) is 4.64. The van der Waals surface area contributed by atoms with Crippen molar-refractivity contribution in [1.29, 1.82) is 5.26 Å². The molecule has 0 aliphatic heterocycles. The van der Waals surface area contributed by atoms with Gasteiger partial charge in [0.1, 0.15) is 0 Å². The summed E-state index contributed by atoms with van der Waals surface area (Å²) >= 11 is 0. The highest BCUT2D eigenvalue weighted by Crippen LogP contribution is 2.17. The highest BCUT2D eigenvalue weighted by molar-refractivity contribution is 7.89. The molecule has 2 N–H and O–H groups in total. The average Bonchev–Trinajstić information content (AvgIpc) is 2.27. The smallest absolute Gasteiger partial charge is 0.304 e. The van der Waals surface area contributed by atoms with Gasteiger partial charge >= 0.3 is 5.97 Å². The Morgan fingerprint density at radius 3 is 2.68 bits per heavy atom. The molecule has 1 aromatic rings. The SMILES string of the molecule is Cc1ccc(C#N)cc1S(=O)(=O)NC(C)CC(=O)O. The highest BCUT2D eigenvalue weighted by atomic mass is 32.2. The van der Waals surface area contributed by atoms with Crippen LogP contribution in [0, 0.1) is 18.3 Å². The molecule has 0 saturated carbocycles. The second-order valence-electron chi connectivity index (χ2n) is 4.21. The molecule has 0 fully saturated rings. The van der Waals surface area contributed by atoms with E-state index in [1.165, 1.54) is 25.1 Å². The van der Waals surface area contributed by atoms with Gasteiger partial charge in [-0.3, -0.25) is 4.79 Å². The summed E-state index contributed by atoms with van der Waals surface area (Å²) in [5.41, 5.74) is 0.728. The average molecular weight is 282 g/mol. The quantitative estimate of drug-likeness (QED) is 0.838. The summed E-state index contributed by atoms with van der Waals surface area (Å²) in [7, 11) is -3.83. The standard InChI is InChI=1S/C12H14N2O4S/c1-8-3-4-10(7-13)6-11(8)19(17,18)14-9(2)5-12(15)16/h3-4,6,9,14H,5H2,1-2H3,(H,15,16). The molecule has 0 aromatic heterocycles. The number of aryl methyl sites for hydroxylation is 1. The lowest BCUT2D eigenvalue weighted by Gasteiger charge is -2.13. The molecule has 0 amide bonds. The Bertz CT molecular complexity index is 632. The van der Waals surface area contributed by atoms with Crippen LogP contribution in [0.15, 0.2) is 23.1 Å². The molecule has 0 heterocycles. The molecular formula is C12H14N2O4S. The fourth-order valence-electron chi connectivity index (χ4n) is 1.59. The van der Waals surface area contributed by atoms with E-state index in [1.54, 1.807) is 6.92 Å². The fraction of sp³-hybridized carbons (Fsp3) is 0.333. The van der Waals surface area contributed by atoms with Crippen molar-refractivity contribution in [2.75, 3.05) is 0 Å². The lowest BCUT2D eigenvalue weighted by atomic mass is 10.2. The number of hydrogen-bond acceptors (Lipinski definition) is 4. The van der Waals surface area contributed by atoms with Gasteiger partial charge < -0.3 is 5.11 Å². The number of hydrogen-bond donors (Lipinski definition) is 2. The minimum atomic E-state index is -3.83. The first-order valence-corrected chi connectivity index (χ1v) is 6.99. The van der Waals surface area contributed by atoms with Crippen LogP contribution in [-0.4, -0.2) is 25.5 Å². The molecule has 1 rings (SSSR count). The summed E-state index contributed by atoms with van der Waals surface area (Å²) < 4.78 is 26.5. The van der Waals surface area contributed by atoms with Crippen LogP contribution in [0.4, 0.5) is 0 Å². The van der Waals surface area contributed by atoms with Crippen LogP contribution in [0.1, 0.15) is 24.5 Å². The predicted molar refractivity (Wildman–Crippen MR) is 67.9 cm³/mol. The van der Waals surface area contributed by atoms with Crippen LogP contribution in [-0.2, 0) is 14.8 Å². The molecule has 0 radical (unpaired) electrons. The molecule has 1 aromatic carbocycles. The molecule has 0 spiro atoms. The van der Waals surface area contributed by atoms with Crippen molar-refractivity contribution in [2.45, 2.75) is 31.2 Å². The lowest BCUT2D eigenvalue weighted by molar-refractivity contribution is -0.137. The number of sulfonamides is 1. The van der Waals surface area contributed by atoms with E-state index in [2.05, 4.69) is 4.72 Å². The van der Waals surface area contributed by atoms with E-state index in [4.69, 9.17) is 10.4 Å². The minimum Gasteiger partial charge on any atom is -0.481 e. The maximum Gasteiger partial charge on any atom is 0.304 e. The normalized spacial score (nSPS) is 12.7. The molecule has 7 heteroatoms. The van der Waals surface area contributed by atoms with Crippen molar-refractivity contribution >= 4 is 16.0 Å². The predicted octanol–water partition coefficient (Wildman–Crippen LogP) is 1.01. The van der Waals surface area contributed by atoms with Gasteiger partial charge in [-0.05, 0) is 31.5 Å². The number of carboxylic acid groups (broad SMARTS) is 1. The second-order valence-corrected chi connectivity index (χ2v) is 5.89. The van der Waals surface area contributed by atoms with Crippen LogP contribution < -0.4 is 4.72 Å². The number of rotatable bonds is 5. The van der Waals surface area contributed by atoms with E-state index < -0.39 is 22.0 Å². The zero-order chi connectivity index (χ0) is 14.6. The van der Waals surface area contributed by atoms with E-state index in [-0.39, 0.29) is 16.9 Å². The van der Waals surface area contributed by atoms with Crippen molar-refractivity contribution in [1.82, 2.24) is 4.72 Å². The molecule has 102 valence electrons. The first kappa shape index (κ1) is 15.1. The molecular weight excluding hydrogens is 268 g/mol. The Labute approximate surface area is 111 Å². The van der Waals surface area contributed by atoms with E-state index in [0.29, 0.717) is 5.56 Å². The third-order valence-electron chi connectivity index (χ3n) is 2.44. The van der Waals surface area contributed by atoms with Crippen molar-refractivity contribution in [3.8, 4) is 6.07 Å². The summed E-state index contributed by atoms with van der Waals surface area (Å²) in [4.78, 5) is 10.5. The van der Waals surface area contributed by atoms with Crippen LogP contribution in [0.25, 0.3) is 0 Å². The van der Waals surface area contributed by atoms with E-state index in [9.17, 15) is 13.2 Å². The minimum absolute atomic E-state index is 0.0104. The van der Waals surface area contributed by atoms with Gasteiger partial charge in [-0.15, -0.1) is 0 Å². The van der Waals surface area contributed by atoms with Crippen LogP contribution in [0.3, 0.4) is 0 Å². The van der Waals surface area contributed by atoms with Gasteiger partial charge in [0.15, 0.2) is 0 Å². The molecule has 0 aliphatic carbocycles. The van der Waals surface area contributed by atoms with Gasteiger partial charge in [0.25, 0.3) is 0 Å². The summed E-state index contributed by atoms with van der Waals surface area (Å²) in [6, 6.07) is 5.47. The van der Waals surface area contributed by atoms with Gasteiger partial charge in [-0.1, -0.05) is 6.07 Å². The largest absolute Gasteiger partial charge is 0.481 e. The summed E-state index contributed by atoms with van der Waals surface area (Å²) in [6.45, 7) is 3.08. The molecule has 1 unspecified atom stereocenters. The lowest BCUT2D eigenvalue weighted by Crippen LogP contribution is -2.34. The Morgan fingerprint density at radius 2 is 2.16 bits per heavy atom.